The second kappa shape index (κ2) is 9.64. The van der Waals surface area contributed by atoms with Crippen LogP contribution in [-0.2, 0) is 12.2 Å². The van der Waals surface area contributed by atoms with Crippen molar-refractivity contribution >= 4 is 51.3 Å². The summed E-state index contributed by atoms with van der Waals surface area (Å²) in [5, 5.41) is 8.77. The fourth-order valence-electron chi connectivity index (χ4n) is 2.93. The number of hydrogen-bond donors (Lipinski definition) is 1. The summed E-state index contributed by atoms with van der Waals surface area (Å²) >= 11 is 8.86. The molecule has 2 heterocycles. The van der Waals surface area contributed by atoms with Crippen molar-refractivity contribution in [3.05, 3.63) is 86.2 Å². The van der Waals surface area contributed by atoms with Crippen LogP contribution in [-0.4, -0.2) is 20.5 Å². The zero-order valence-corrected chi connectivity index (χ0v) is 19.1. The summed E-state index contributed by atoms with van der Waals surface area (Å²) in [6.07, 6.45) is 1.80. The molecule has 0 saturated carbocycles. The third-order valence-electron chi connectivity index (χ3n) is 4.42. The van der Waals surface area contributed by atoms with Crippen molar-refractivity contribution in [1.82, 2.24) is 14.6 Å². The number of fused-ring (bicyclic) bond motifs is 1. The first-order chi connectivity index (χ1) is 15.0. The smallest absolute Gasteiger partial charge is 0.275 e. The summed E-state index contributed by atoms with van der Waals surface area (Å²) in [5.74, 6) is 0.288. The molecule has 0 saturated heterocycles. The normalized spacial score (nSPS) is 11.0. The molecule has 0 unspecified atom stereocenters. The van der Waals surface area contributed by atoms with Crippen molar-refractivity contribution in [2.24, 2.45) is 0 Å². The van der Waals surface area contributed by atoms with Crippen LogP contribution >= 0.6 is 34.7 Å². The van der Waals surface area contributed by atoms with Crippen molar-refractivity contribution in [3.8, 4) is 0 Å². The first-order valence-corrected chi connectivity index (χ1v) is 11.9. The number of nitrogens with one attached hydrogen (secondary N) is 1. The number of hydrogen-bond acceptors (Lipinski definition) is 6. The largest absolute Gasteiger partial charge is 0.321 e. The van der Waals surface area contributed by atoms with Gasteiger partial charge in [-0.15, -0.1) is 11.8 Å². The number of para-hydroxylation sites is 1. The number of carbonyl (C=O) groups excluding carboxylic acids is 1. The Morgan fingerprint density at radius 1 is 1.19 bits per heavy atom. The van der Waals surface area contributed by atoms with E-state index in [1.807, 2.05) is 24.3 Å². The molecule has 2 aromatic carbocycles. The summed E-state index contributed by atoms with van der Waals surface area (Å²) in [4.78, 5) is 31.1. The standard InChI is InChI=1S/C22H19ClN4O2S2/c1-2-5-19-26-27-20(28)12-16(24-22(27)31-19)13-30-18-7-4-3-6-17(18)25-21(29)14-8-10-15(23)11-9-14/h3-4,6-12H,2,5,13H2,1H3,(H,25,29). The first-order valence-electron chi connectivity index (χ1n) is 9.71. The molecule has 6 nitrogen and oxygen atoms in total. The number of carbonyl (C=O) groups is 1. The molecular formula is C22H19ClN4O2S2. The van der Waals surface area contributed by atoms with E-state index in [4.69, 9.17) is 11.6 Å². The van der Waals surface area contributed by atoms with Gasteiger partial charge in [-0.2, -0.15) is 9.61 Å². The highest BCUT2D eigenvalue weighted by molar-refractivity contribution is 7.98. The predicted octanol–water partition coefficient (Wildman–Crippen LogP) is 5.30. The van der Waals surface area contributed by atoms with Gasteiger partial charge in [0.05, 0.1) is 11.4 Å². The van der Waals surface area contributed by atoms with Gasteiger partial charge in [-0.3, -0.25) is 9.59 Å². The third kappa shape index (κ3) is 5.15. The van der Waals surface area contributed by atoms with Crippen LogP contribution in [0.15, 0.2) is 64.3 Å². The molecule has 0 atom stereocenters. The van der Waals surface area contributed by atoms with Gasteiger partial charge >= 0.3 is 0 Å². The summed E-state index contributed by atoms with van der Waals surface area (Å²) in [6.45, 7) is 2.08. The Kier molecular flexibility index (Phi) is 6.70. The van der Waals surface area contributed by atoms with E-state index >= 15 is 0 Å². The number of anilines is 1. The summed E-state index contributed by atoms with van der Waals surface area (Å²) in [5.41, 5.74) is 1.73. The first kappa shape index (κ1) is 21.5. The highest BCUT2D eigenvalue weighted by atomic mass is 35.5. The molecule has 0 spiro atoms. The lowest BCUT2D eigenvalue weighted by Crippen LogP contribution is -2.15. The average Bonchev–Trinajstić information content (AvgIpc) is 3.17. The van der Waals surface area contributed by atoms with Gasteiger partial charge in [-0.1, -0.05) is 42.0 Å². The maximum absolute atomic E-state index is 12.6. The van der Waals surface area contributed by atoms with Gasteiger partial charge < -0.3 is 5.32 Å². The second-order valence-electron chi connectivity index (χ2n) is 6.77. The van der Waals surface area contributed by atoms with Crippen LogP contribution in [0.25, 0.3) is 4.96 Å². The van der Waals surface area contributed by atoms with Crippen LogP contribution in [0.2, 0.25) is 5.02 Å². The molecule has 0 aliphatic rings. The molecule has 4 rings (SSSR count). The van der Waals surface area contributed by atoms with Crippen molar-refractivity contribution in [1.29, 1.82) is 0 Å². The van der Waals surface area contributed by atoms with Crippen molar-refractivity contribution < 1.29 is 4.79 Å². The maximum atomic E-state index is 12.6. The Labute approximate surface area is 192 Å². The molecule has 0 aliphatic heterocycles. The minimum absolute atomic E-state index is 0.177. The molecule has 4 aromatic rings. The zero-order chi connectivity index (χ0) is 21.8. The molecule has 0 fully saturated rings. The number of benzene rings is 2. The lowest BCUT2D eigenvalue weighted by Gasteiger charge is -2.11. The van der Waals surface area contributed by atoms with Gasteiger partial charge in [0.25, 0.3) is 11.5 Å². The molecule has 0 bridgehead atoms. The van der Waals surface area contributed by atoms with Crippen molar-refractivity contribution in [2.75, 3.05) is 5.32 Å². The summed E-state index contributed by atoms with van der Waals surface area (Å²) < 4.78 is 1.37. The van der Waals surface area contributed by atoms with Crippen molar-refractivity contribution in [3.63, 3.8) is 0 Å². The highest BCUT2D eigenvalue weighted by Gasteiger charge is 2.12. The molecule has 1 N–H and O–H groups in total. The van der Waals surface area contributed by atoms with Crippen LogP contribution in [0.5, 0.6) is 0 Å². The molecule has 9 heteroatoms. The number of rotatable bonds is 7. The van der Waals surface area contributed by atoms with E-state index in [0.29, 0.717) is 32.7 Å². The van der Waals surface area contributed by atoms with Gasteiger partial charge in [0.1, 0.15) is 5.01 Å². The molecule has 2 aromatic heterocycles. The number of amides is 1. The van der Waals surface area contributed by atoms with E-state index in [2.05, 4.69) is 22.3 Å². The minimum atomic E-state index is -0.212. The number of halogens is 1. The van der Waals surface area contributed by atoms with Gasteiger partial charge in [0.15, 0.2) is 0 Å². The quantitative estimate of drug-likeness (QED) is 0.371. The number of aryl methyl sites for hydroxylation is 1. The highest BCUT2D eigenvalue weighted by Crippen LogP contribution is 2.30. The Hall–Kier alpha value is -2.68. The topological polar surface area (TPSA) is 76.4 Å². The van der Waals surface area contributed by atoms with E-state index in [0.717, 1.165) is 22.7 Å². The number of aromatic nitrogens is 3. The van der Waals surface area contributed by atoms with Crippen molar-refractivity contribution in [2.45, 2.75) is 30.4 Å². The van der Waals surface area contributed by atoms with E-state index in [-0.39, 0.29) is 11.5 Å². The lowest BCUT2D eigenvalue weighted by atomic mass is 10.2. The zero-order valence-electron chi connectivity index (χ0n) is 16.7. The van der Waals surface area contributed by atoms with Crippen LogP contribution in [0.1, 0.15) is 34.4 Å². The van der Waals surface area contributed by atoms with E-state index in [9.17, 15) is 9.59 Å². The van der Waals surface area contributed by atoms with Gasteiger partial charge in [-0.25, -0.2) is 4.98 Å². The molecule has 0 radical (unpaired) electrons. The SMILES string of the molecule is CCCc1nn2c(=O)cc(CSc3ccccc3NC(=O)c3ccc(Cl)cc3)nc2s1. The van der Waals surface area contributed by atoms with E-state index in [1.165, 1.54) is 33.7 Å². The van der Waals surface area contributed by atoms with Crippen LogP contribution in [0.4, 0.5) is 5.69 Å². The van der Waals surface area contributed by atoms with Crippen LogP contribution < -0.4 is 10.9 Å². The lowest BCUT2D eigenvalue weighted by molar-refractivity contribution is 0.102. The van der Waals surface area contributed by atoms with Crippen LogP contribution in [0.3, 0.4) is 0 Å². The molecule has 158 valence electrons. The Morgan fingerprint density at radius 2 is 1.97 bits per heavy atom. The Morgan fingerprint density at radius 3 is 2.74 bits per heavy atom. The third-order valence-corrected chi connectivity index (χ3v) is 6.75. The minimum Gasteiger partial charge on any atom is -0.321 e. The second-order valence-corrected chi connectivity index (χ2v) is 9.27. The molecular weight excluding hydrogens is 452 g/mol. The van der Waals surface area contributed by atoms with Gasteiger partial charge in [0, 0.05) is 33.7 Å². The molecule has 1 amide bonds. The fourth-order valence-corrected chi connectivity index (χ4v) is 4.97. The summed E-state index contributed by atoms with van der Waals surface area (Å²) in [7, 11) is 0. The average molecular weight is 471 g/mol. The Balaban J connectivity index is 1.51. The fraction of sp³-hybridized carbons (Fsp3) is 0.182. The summed E-state index contributed by atoms with van der Waals surface area (Å²) in [6, 6.07) is 15.8. The Bertz CT molecular complexity index is 1280. The number of nitrogens with zero attached hydrogens (tertiary/aromatic N) is 3. The predicted molar refractivity (Wildman–Crippen MR) is 127 cm³/mol. The number of thioether (sulfide) groups is 1. The van der Waals surface area contributed by atoms with E-state index < -0.39 is 0 Å². The van der Waals surface area contributed by atoms with Gasteiger partial charge in [-0.05, 0) is 42.8 Å². The van der Waals surface area contributed by atoms with Crippen LogP contribution in [0, 0.1) is 0 Å². The van der Waals surface area contributed by atoms with E-state index in [1.54, 1.807) is 24.3 Å². The molecule has 0 aliphatic carbocycles. The molecule has 31 heavy (non-hydrogen) atoms. The maximum Gasteiger partial charge on any atom is 0.275 e. The van der Waals surface area contributed by atoms with Gasteiger partial charge in [0.2, 0.25) is 4.96 Å². The monoisotopic (exact) mass is 470 g/mol.